The second-order valence-corrected chi connectivity index (χ2v) is 5.35. The van der Waals surface area contributed by atoms with Crippen molar-refractivity contribution in [3.05, 3.63) is 41.5 Å². The van der Waals surface area contributed by atoms with Gasteiger partial charge >= 0.3 is 5.97 Å². The van der Waals surface area contributed by atoms with Crippen molar-refractivity contribution in [3.63, 3.8) is 0 Å². The summed E-state index contributed by atoms with van der Waals surface area (Å²) < 4.78 is 14.7. The number of amides is 1. The standard InChI is InChI=1S/C15H15FN4O3/c1-18-5-6-20(11-4-3-9(16)7-12(11)18)14(21)13-8-10(15(22)23)17-19(13)2/h3-4,7-8H,5-6H2,1-2H3,(H,22,23). The molecule has 0 atom stereocenters. The number of likely N-dealkylation sites (N-methyl/N-ethyl adjacent to an activating group) is 1. The molecule has 3 rings (SSSR count). The Balaban J connectivity index is 2.01. The van der Waals surface area contributed by atoms with Gasteiger partial charge in [-0.3, -0.25) is 9.48 Å². The van der Waals surface area contributed by atoms with Crippen molar-refractivity contribution in [2.75, 3.05) is 29.9 Å². The van der Waals surface area contributed by atoms with Crippen LogP contribution in [-0.2, 0) is 7.05 Å². The molecule has 0 spiro atoms. The molecule has 1 aliphatic heterocycles. The number of anilines is 2. The van der Waals surface area contributed by atoms with E-state index in [-0.39, 0.29) is 23.1 Å². The average Bonchev–Trinajstić information content (AvgIpc) is 2.90. The van der Waals surface area contributed by atoms with Crippen LogP contribution in [-0.4, -0.2) is 46.9 Å². The highest BCUT2D eigenvalue weighted by atomic mass is 19.1. The molecule has 1 N–H and O–H groups in total. The van der Waals surface area contributed by atoms with Crippen molar-refractivity contribution >= 4 is 23.3 Å². The normalized spacial score (nSPS) is 13.9. The van der Waals surface area contributed by atoms with Crippen molar-refractivity contribution in [3.8, 4) is 0 Å². The van der Waals surface area contributed by atoms with Crippen LogP contribution in [0.5, 0.6) is 0 Å². The summed E-state index contributed by atoms with van der Waals surface area (Å²) in [5.41, 5.74) is 1.18. The molecule has 1 aliphatic rings. The molecule has 120 valence electrons. The fraction of sp³-hybridized carbons (Fsp3) is 0.267. The van der Waals surface area contributed by atoms with Gasteiger partial charge in [-0.25, -0.2) is 9.18 Å². The summed E-state index contributed by atoms with van der Waals surface area (Å²) >= 11 is 0. The van der Waals surface area contributed by atoms with Gasteiger partial charge in [0.2, 0.25) is 0 Å². The lowest BCUT2D eigenvalue weighted by atomic mass is 10.1. The van der Waals surface area contributed by atoms with Gasteiger partial charge in [0.15, 0.2) is 5.69 Å². The molecule has 0 aliphatic carbocycles. The number of aryl methyl sites for hydroxylation is 1. The predicted molar refractivity (Wildman–Crippen MR) is 81.5 cm³/mol. The summed E-state index contributed by atoms with van der Waals surface area (Å²) in [4.78, 5) is 27.1. The predicted octanol–water partition coefficient (Wildman–Crippen LogP) is 1.35. The van der Waals surface area contributed by atoms with E-state index < -0.39 is 5.97 Å². The highest BCUT2D eigenvalue weighted by Crippen LogP contribution is 2.33. The maximum Gasteiger partial charge on any atom is 0.356 e. The minimum Gasteiger partial charge on any atom is -0.476 e. The molecule has 0 saturated heterocycles. The van der Waals surface area contributed by atoms with Gasteiger partial charge in [0.1, 0.15) is 11.5 Å². The first-order chi connectivity index (χ1) is 10.9. The molecule has 2 aromatic rings. The van der Waals surface area contributed by atoms with E-state index >= 15 is 0 Å². The smallest absolute Gasteiger partial charge is 0.356 e. The number of carboxylic acid groups (broad SMARTS) is 1. The van der Waals surface area contributed by atoms with Gasteiger partial charge in [-0.1, -0.05) is 0 Å². The van der Waals surface area contributed by atoms with Gasteiger partial charge in [0.05, 0.1) is 11.4 Å². The molecule has 23 heavy (non-hydrogen) atoms. The fourth-order valence-electron chi connectivity index (χ4n) is 2.64. The first-order valence-electron chi connectivity index (χ1n) is 6.98. The number of carboxylic acids is 1. The average molecular weight is 318 g/mol. The van der Waals surface area contributed by atoms with Crippen LogP contribution in [0.15, 0.2) is 24.3 Å². The van der Waals surface area contributed by atoms with Crippen molar-refractivity contribution in [2.45, 2.75) is 0 Å². The van der Waals surface area contributed by atoms with Gasteiger partial charge in [-0.15, -0.1) is 0 Å². The Hall–Kier alpha value is -2.90. The summed E-state index contributed by atoms with van der Waals surface area (Å²) in [5.74, 6) is -1.94. The summed E-state index contributed by atoms with van der Waals surface area (Å²) in [6.45, 7) is 0.966. The van der Waals surface area contributed by atoms with E-state index in [1.54, 1.807) is 6.07 Å². The number of hydrogen-bond acceptors (Lipinski definition) is 4. The van der Waals surface area contributed by atoms with Crippen LogP contribution < -0.4 is 9.80 Å². The first kappa shape index (κ1) is 15.0. The SMILES string of the molecule is CN1CCN(C(=O)c2cc(C(=O)O)nn2C)c2ccc(F)cc21. The van der Waals surface area contributed by atoms with Crippen LogP contribution in [0, 0.1) is 5.82 Å². The number of hydrogen-bond donors (Lipinski definition) is 1. The number of carbonyl (C=O) groups is 2. The van der Waals surface area contributed by atoms with E-state index in [9.17, 15) is 14.0 Å². The van der Waals surface area contributed by atoms with Crippen LogP contribution in [0.3, 0.4) is 0 Å². The molecule has 0 fully saturated rings. The highest BCUT2D eigenvalue weighted by molar-refractivity contribution is 6.08. The Morgan fingerprint density at radius 1 is 1.17 bits per heavy atom. The lowest BCUT2D eigenvalue weighted by Crippen LogP contribution is -2.43. The quantitative estimate of drug-likeness (QED) is 0.904. The first-order valence-corrected chi connectivity index (χ1v) is 6.98. The number of nitrogens with zero attached hydrogens (tertiary/aromatic N) is 4. The number of fused-ring (bicyclic) bond motifs is 1. The summed E-state index contributed by atoms with van der Waals surface area (Å²) in [7, 11) is 3.34. The molecular weight excluding hydrogens is 303 g/mol. The Morgan fingerprint density at radius 3 is 2.57 bits per heavy atom. The molecular formula is C15H15FN4O3. The summed E-state index contributed by atoms with van der Waals surface area (Å²) in [5, 5.41) is 12.8. The lowest BCUT2D eigenvalue weighted by molar-refractivity contribution is 0.0689. The minimum atomic E-state index is -1.19. The Morgan fingerprint density at radius 2 is 1.91 bits per heavy atom. The van der Waals surface area contributed by atoms with E-state index in [0.717, 1.165) is 0 Å². The van der Waals surface area contributed by atoms with Crippen molar-refractivity contribution in [1.82, 2.24) is 9.78 Å². The maximum atomic E-state index is 13.5. The molecule has 0 radical (unpaired) electrons. The van der Waals surface area contributed by atoms with E-state index in [1.165, 1.54) is 34.8 Å². The van der Waals surface area contributed by atoms with Gasteiger partial charge in [0.25, 0.3) is 5.91 Å². The third-order valence-corrected chi connectivity index (χ3v) is 3.86. The maximum absolute atomic E-state index is 13.5. The van der Waals surface area contributed by atoms with Crippen molar-refractivity contribution in [1.29, 1.82) is 0 Å². The van der Waals surface area contributed by atoms with Gasteiger partial charge in [0, 0.05) is 33.3 Å². The zero-order chi connectivity index (χ0) is 16.7. The molecule has 1 aromatic heterocycles. The largest absolute Gasteiger partial charge is 0.476 e. The van der Waals surface area contributed by atoms with Crippen LogP contribution in [0.2, 0.25) is 0 Å². The number of aromatic carboxylic acids is 1. The van der Waals surface area contributed by atoms with Gasteiger partial charge < -0.3 is 14.9 Å². The highest BCUT2D eigenvalue weighted by Gasteiger charge is 2.29. The van der Waals surface area contributed by atoms with Gasteiger partial charge in [-0.2, -0.15) is 5.10 Å². The zero-order valence-electron chi connectivity index (χ0n) is 12.7. The molecule has 0 unspecified atom stereocenters. The monoisotopic (exact) mass is 318 g/mol. The number of rotatable bonds is 2. The van der Waals surface area contributed by atoms with Gasteiger partial charge in [-0.05, 0) is 18.2 Å². The minimum absolute atomic E-state index is 0.169. The van der Waals surface area contributed by atoms with Crippen LogP contribution in [0.4, 0.5) is 15.8 Å². The second kappa shape index (κ2) is 5.38. The Bertz CT molecular complexity index is 802. The molecule has 0 saturated carbocycles. The Labute approximate surface area is 131 Å². The molecule has 2 heterocycles. The summed E-state index contributed by atoms with van der Waals surface area (Å²) in [6.07, 6.45) is 0. The van der Waals surface area contributed by atoms with E-state index in [0.29, 0.717) is 24.5 Å². The molecule has 1 amide bonds. The number of aromatic nitrogens is 2. The van der Waals surface area contributed by atoms with Crippen LogP contribution in [0.25, 0.3) is 0 Å². The molecule has 8 heteroatoms. The Kier molecular flexibility index (Phi) is 3.51. The zero-order valence-corrected chi connectivity index (χ0v) is 12.7. The third-order valence-electron chi connectivity index (χ3n) is 3.86. The van der Waals surface area contributed by atoms with E-state index in [4.69, 9.17) is 5.11 Å². The number of halogens is 1. The van der Waals surface area contributed by atoms with Crippen molar-refractivity contribution in [2.24, 2.45) is 7.05 Å². The molecule has 7 nitrogen and oxygen atoms in total. The van der Waals surface area contributed by atoms with Crippen LogP contribution >= 0.6 is 0 Å². The molecule has 1 aromatic carbocycles. The van der Waals surface area contributed by atoms with Crippen LogP contribution in [0.1, 0.15) is 21.0 Å². The summed E-state index contributed by atoms with van der Waals surface area (Å²) in [6, 6.07) is 5.46. The van der Waals surface area contributed by atoms with E-state index in [2.05, 4.69) is 5.10 Å². The number of benzene rings is 1. The lowest BCUT2D eigenvalue weighted by Gasteiger charge is -2.35. The molecule has 0 bridgehead atoms. The second-order valence-electron chi connectivity index (χ2n) is 5.35. The van der Waals surface area contributed by atoms with Crippen molar-refractivity contribution < 1.29 is 19.1 Å². The number of carbonyl (C=O) groups excluding carboxylic acids is 1. The van der Waals surface area contributed by atoms with E-state index in [1.807, 2.05) is 11.9 Å². The fourth-order valence-corrected chi connectivity index (χ4v) is 2.64. The topological polar surface area (TPSA) is 78.7 Å². The third kappa shape index (κ3) is 2.52.